The molecule has 3 atom stereocenters. The lowest BCUT2D eigenvalue weighted by Gasteiger charge is -2.27. The van der Waals surface area contributed by atoms with Gasteiger partial charge in [0.25, 0.3) is 0 Å². The zero-order valence-electron chi connectivity index (χ0n) is 19.3. The van der Waals surface area contributed by atoms with E-state index < -0.39 is 6.61 Å². The van der Waals surface area contributed by atoms with Gasteiger partial charge in [-0.15, -0.1) is 0 Å². The molecule has 0 aromatic carbocycles. The minimum atomic E-state index is -2.90. The molecule has 3 aliphatic heterocycles. The summed E-state index contributed by atoms with van der Waals surface area (Å²) in [5, 5.41) is 7.29. The van der Waals surface area contributed by atoms with Gasteiger partial charge in [0, 0.05) is 24.7 Å². The van der Waals surface area contributed by atoms with Gasteiger partial charge in [0.1, 0.15) is 15.3 Å². The van der Waals surface area contributed by atoms with Crippen molar-refractivity contribution in [2.45, 2.75) is 70.4 Å². The van der Waals surface area contributed by atoms with Crippen molar-refractivity contribution < 1.29 is 27.8 Å². The number of nitrogens with two attached hydrogens (primary N) is 1. The van der Waals surface area contributed by atoms with Crippen molar-refractivity contribution in [2.75, 3.05) is 12.3 Å². The number of carbonyl (C=O) groups excluding carboxylic acids is 1. The van der Waals surface area contributed by atoms with Gasteiger partial charge in [-0.1, -0.05) is 6.07 Å². The average Bonchev–Trinajstić information content (AvgIpc) is 3.23. The van der Waals surface area contributed by atoms with Gasteiger partial charge in [-0.2, -0.15) is 8.78 Å². The molecule has 2 aromatic heterocycles. The number of hydrogen-bond donors (Lipinski definition) is 3. The number of nitrogens with one attached hydrogen (secondary N) is 2. The van der Waals surface area contributed by atoms with Crippen LogP contribution in [-0.4, -0.2) is 50.3 Å². The number of nitrogen functional groups attached to an aromatic ring is 1. The van der Waals surface area contributed by atoms with Gasteiger partial charge in [0.05, 0.1) is 42.5 Å². The highest BCUT2D eigenvalue weighted by molar-refractivity contribution is 6.55. The molecule has 35 heavy (non-hydrogen) atoms. The van der Waals surface area contributed by atoms with E-state index in [1.54, 1.807) is 6.07 Å². The Kier molecular flexibility index (Phi) is 6.96. The van der Waals surface area contributed by atoms with Crippen LogP contribution in [0.3, 0.4) is 0 Å². The Morgan fingerprint density at radius 2 is 2.14 bits per heavy atom. The van der Waals surface area contributed by atoms with Crippen molar-refractivity contribution in [2.24, 2.45) is 0 Å². The Balaban J connectivity index is 1.09. The number of alkyl halides is 2. The summed E-state index contributed by atoms with van der Waals surface area (Å²) in [4.78, 5) is 21.4. The summed E-state index contributed by atoms with van der Waals surface area (Å²) in [6, 6.07) is 2.90. The Morgan fingerprint density at radius 1 is 1.29 bits per heavy atom. The summed E-state index contributed by atoms with van der Waals surface area (Å²) in [7, 11) is 0.364. The molecule has 12 heteroatoms. The monoisotopic (exact) mass is 503 g/mol. The zero-order chi connectivity index (χ0) is 24.5. The minimum Gasteiger partial charge on any atom is -0.417 e. The van der Waals surface area contributed by atoms with Crippen molar-refractivity contribution in [3.8, 4) is 5.88 Å². The molecule has 4 N–H and O–H groups in total. The number of rotatable bonds is 7. The Morgan fingerprint density at radius 3 is 2.97 bits per heavy atom. The van der Waals surface area contributed by atoms with E-state index >= 15 is 0 Å². The number of nitrogens with zero attached hydrogens (tertiary/aromatic N) is 2. The standard InChI is InChI=1S/C23H27F2N5O4Si/c1-11-20-13(9-32-11)12-7-14(28-8-15(12)30-21(20)26)22(31)27-6-2-3-19-33-10-16-17(35-19)4-5-18(29-16)34-23(24)25/h4-5,11,14,19,23,28H,2-3,6-10H2,1H3,(H2,26,30)(H,27,31)/t11-,14-,19-/m1/s1. The summed E-state index contributed by atoms with van der Waals surface area (Å²) in [5.41, 5.74) is 10.8. The number of hydrogen-bond acceptors (Lipinski definition) is 8. The molecule has 5 rings (SSSR count). The summed E-state index contributed by atoms with van der Waals surface area (Å²) in [6.07, 6.45) is 2.02. The summed E-state index contributed by atoms with van der Waals surface area (Å²) in [6.45, 7) is 0.860. The first-order valence-corrected chi connectivity index (χ1v) is 12.7. The third kappa shape index (κ3) is 5.15. The number of anilines is 1. The second-order valence-corrected chi connectivity index (χ2v) is 10.3. The van der Waals surface area contributed by atoms with E-state index in [1.165, 1.54) is 6.07 Å². The third-order valence-electron chi connectivity index (χ3n) is 6.53. The maximum Gasteiger partial charge on any atom is 0.388 e. The normalized spacial score (nSPS) is 22.9. The smallest absolute Gasteiger partial charge is 0.388 e. The van der Waals surface area contributed by atoms with Crippen LogP contribution in [0.25, 0.3) is 0 Å². The van der Waals surface area contributed by atoms with Crippen molar-refractivity contribution in [3.63, 3.8) is 0 Å². The molecule has 9 nitrogen and oxygen atoms in total. The van der Waals surface area contributed by atoms with Crippen molar-refractivity contribution >= 4 is 26.4 Å². The van der Waals surface area contributed by atoms with Crippen LogP contribution in [0, 0.1) is 0 Å². The van der Waals surface area contributed by atoms with E-state index in [-0.39, 0.29) is 36.3 Å². The lowest BCUT2D eigenvalue weighted by atomic mass is 9.91. The minimum absolute atomic E-state index is 0.0175. The first-order valence-electron chi connectivity index (χ1n) is 11.6. The van der Waals surface area contributed by atoms with E-state index in [9.17, 15) is 13.6 Å². The molecule has 186 valence electrons. The SMILES string of the molecule is C[C@H]1OCc2c3c(nc(N)c21)CN[C@@H](C(=O)NCCC[C@@H]1OCc2nc(OC(F)F)ccc2[Si]1)C3. The lowest BCUT2D eigenvalue weighted by Crippen LogP contribution is -2.48. The molecule has 0 unspecified atom stereocenters. The number of halogens is 2. The number of amides is 1. The van der Waals surface area contributed by atoms with Crippen molar-refractivity contribution in [1.29, 1.82) is 0 Å². The molecule has 2 radical (unpaired) electrons. The molecule has 0 saturated heterocycles. The van der Waals surface area contributed by atoms with Gasteiger partial charge in [0.2, 0.25) is 11.8 Å². The fraction of sp³-hybridized carbons (Fsp3) is 0.522. The first kappa shape index (κ1) is 24.0. The zero-order valence-corrected chi connectivity index (χ0v) is 20.3. The van der Waals surface area contributed by atoms with Gasteiger partial charge >= 0.3 is 6.61 Å². The number of ether oxygens (including phenoxy) is 3. The lowest BCUT2D eigenvalue weighted by molar-refractivity contribution is -0.123. The summed E-state index contributed by atoms with van der Waals surface area (Å²) in [5.74, 6) is 0.374. The van der Waals surface area contributed by atoms with Crippen LogP contribution < -0.4 is 26.3 Å². The Hall–Kier alpha value is -2.67. The van der Waals surface area contributed by atoms with Gasteiger partial charge < -0.3 is 25.3 Å². The van der Waals surface area contributed by atoms with E-state index in [1.807, 2.05) is 6.92 Å². The molecule has 5 heterocycles. The number of carbonyl (C=O) groups is 1. The fourth-order valence-corrected chi connectivity index (χ4v) is 6.13. The van der Waals surface area contributed by atoms with Crippen LogP contribution in [0.5, 0.6) is 5.88 Å². The maximum absolute atomic E-state index is 12.8. The Bertz CT molecular complexity index is 1120. The van der Waals surface area contributed by atoms with Gasteiger partial charge in [0.15, 0.2) is 0 Å². The molecule has 0 bridgehead atoms. The summed E-state index contributed by atoms with van der Waals surface area (Å²) < 4.78 is 40.7. The van der Waals surface area contributed by atoms with Crippen molar-refractivity contribution in [1.82, 2.24) is 20.6 Å². The molecule has 1 amide bonds. The van der Waals surface area contributed by atoms with Crippen LogP contribution in [0.1, 0.15) is 53.9 Å². The highest BCUT2D eigenvalue weighted by atomic mass is 28.2. The number of aromatic nitrogens is 2. The van der Waals surface area contributed by atoms with Crippen LogP contribution in [0.4, 0.5) is 14.6 Å². The molecule has 0 aliphatic carbocycles. The van der Waals surface area contributed by atoms with Crippen molar-refractivity contribution in [3.05, 3.63) is 40.2 Å². The van der Waals surface area contributed by atoms with Crippen LogP contribution in [0.2, 0.25) is 0 Å². The second-order valence-electron chi connectivity index (χ2n) is 8.80. The first-order chi connectivity index (χ1) is 16.9. The molecule has 0 spiro atoms. The quantitative estimate of drug-likeness (QED) is 0.379. The molecular weight excluding hydrogens is 476 g/mol. The topological polar surface area (TPSA) is 121 Å². The third-order valence-corrected chi connectivity index (χ3v) is 8.08. The predicted octanol–water partition coefficient (Wildman–Crippen LogP) is 1.05. The van der Waals surface area contributed by atoms with Gasteiger partial charge in [-0.3, -0.25) is 10.1 Å². The predicted molar refractivity (Wildman–Crippen MR) is 123 cm³/mol. The highest BCUT2D eigenvalue weighted by Gasteiger charge is 2.33. The maximum atomic E-state index is 12.8. The van der Waals surface area contributed by atoms with Gasteiger partial charge in [-0.05, 0) is 42.5 Å². The number of fused-ring (bicyclic) bond motifs is 4. The van der Waals surface area contributed by atoms with E-state index in [2.05, 4.69) is 25.3 Å². The van der Waals surface area contributed by atoms with E-state index in [4.69, 9.17) is 15.2 Å². The fourth-order valence-electron chi connectivity index (χ4n) is 4.80. The molecule has 2 aromatic rings. The summed E-state index contributed by atoms with van der Waals surface area (Å²) >= 11 is 0. The average molecular weight is 504 g/mol. The van der Waals surface area contributed by atoms with E-state index in [0.29, 0.717) is 47.1 Å². The van der Waals surface area contributed by atoms with Crippen LogP contribution in [0.15, 0.2) is 12.1 Å². The molecule has 0 fully saturated rings. The van der Waals surface area contributed by atoms with Crippen LogP contribution >= 0.6 is 0 Å². The largest absolute Gasteiger partial charge is 0.417 e. The highest BCUT2D eigenvalue weighted by Crippen LogP contribution is 2.38. The molecule has 0 saturated carbocycles. The molecular formula is C23H27F2N5O4Si. The molecule has 3 aliphatic rings. The Labute approximate surface area is 204 Å². The number of pyridine rings is 2. The van der Waals surface area contributed by atoms with Gasteiger partial charge in [-0.25, -0.2) is 9.97 Å². The van der Waals surface area contributed by atoms with E-state index in [0.717, 1.165) is 40.4 Å². The van der Waals surface area contributed by atoms with Crippen LogP contribution in [-0.2, 0) is 40.4 Å². The second kappa shape index (κ2) is 10.1.